The lowest BCUT2D eigenvalue weighted by Gasteiger charge is -2.18. The Balaban J connectivity index is 0.000000505. The lowest BCUT2D eigenvalue weighted by Crippen LogP contribution is -2.29. The fraction of sp³-hybridized carbons (Fsp3) is 0.627. The number of amides is 1. The van der Waals surface area contributed by atoms with Crippen LogP contribution in [0.2, 0.25) is 0 Å². The monoisotopic (exact) mass is 1380 g/mol. The van der Waals surface area contributed by atoms with Gasteiger partial charge in [0.2, 0.25) is 11.3 Å². The van der Waals surface area contributed by atoms with E-state index >= 15 is 0 Å². The number of esters is 2. The van der Waals surface area contributed by atoms with Crippen LogP contribution >= 0.6 is 20.0 Å². The number of Topliss-reactive ketones (excluding diaryl/α,β-unsaturated/α-hetero) is 1. The number of ketones is 1. The number of carbonyl (C=O) groups is 4. The molecule has 2 aliphatic rings. The van der Waals surface area contributed by atoms with Gasteiger partial charge in [-0.2, -0.15) is 0 Å². The van der Waals surface area contributed by atoms with Crippen molar-refractivity contribution in [3.8, 4) is 28.2 Å². The third-order valence-electron chi connectivity index (χ3n) is 16.4. The molecular formula is C75H114F2N3O14PS. The molecule has 4 rings (SSSR count). The molecule has 1 amide bonds. The lowest BCUT2D eigenvalue weighted by molar-refractivity contribution is -0.162. The summed E-state index contributed by atoms with van der Waals surface area (Å²) in [6, 6.07) is 9.69. The minimum atomic E-state index is -4.51. The summed E-state index contributed by atoms with van der Waals surface area (Å²) in [5.41, 5.74) is 2.06. The van der Waals surface area contributed by atoms with Crippen molar-refractivity contribution in [3.63, 3.8) is 0 Å². The number of phosphoric acid groups is 1. The minimum absolute atomic E-state index is 0.0363. The smallest absolute Gasteiger partial charge is 0.469 e. The number of phosphoric ester groups is 1. The number of methoxy groups -OCH3 is 1. The normalized spacial score (nSPS) is 11.9. The number of anilines is 1. The van der Waals surface area contributed by atoms with Crippen LogP contribution in [0.4, 0.5) is 14.5 Å². The predicted octanol–water partition coefficient (Wildman–Crippen LogP) is 18.6. The summed E-state index contributed by atoms with van der Waals surface area (Å²) in [5.74, 6) is -2.94. The SMILES string of the molecule is CCCCCCCC/C=C\CCCCCCCC(=O)OCC(COC)OC(=O)CCCCCCC/C=C\CCCCCCCC.Cc1cc(NC(=S)NCCCCCNC(=O)CCCCC(=O)CCCOP(=O)(O)O)ccc1-c1c2cc(F)c(=O)cc-2oc2cc(O)c(F)cc12. The number of phenols is 1. The van der Waals surface area contributed by atoms with Crippen molar-refractivity contribution < 1.29 is 70.6 Å². The number of thiocarbonyl (C=S) groups is 1. The first-order chi connectivity index (χ1) is 46.3. The number of allylic oxidation sites excluding steroid dienone is 4. The van der Waals surface area contributed by atoms with E-state index in [0.29, 0.717) is 78.9 Å². The largest absolute Gasteiger partial charge is 0.505 e. The van der Waals surface area contributed by atoms with Crippen molar-refractivity contribution >= 4 is 65.4 Å². The molecule has 1 aliphatic heterocycles. The van der Waals surface area contributed by atoms with Gasteiger partial charge in [-0.05, 0) is 157 Å². The fourth-order valence-electron chi connectivity index (χ4n) is 11.0. The van der Waals surface area contributed by atoms with E-state index in [2.05, 4.69) is 58.6 Å². The molecule has 0 aromatic heterocycles. The first-order valence-electron chi connectivity index (χ1n) is 35.7. The Morgan fingerprint density at radius 2 is 1.12 bits per heavy atom. The van der Waals surface area contributed by atoms with Gasteiger partial charge < -0.3 is 49.5 Å². The van der Waals surface area contributed by atoms with Crippen molar-refractivity contribution in [2.75, 3.05) is 45.3 Å². The Morgan fingerprint density at radius 1 is 0.604 bits per heavy atom. The Bertz CT molecular complexity index is 3010. The van der Waals surface area contributed by atoms with Gasteiger partial charge in [-0.1, -0.05) is 147 Å². The number of hydrogen-bond acceptors (Lipinski definition) is 13. The Morgan fingerprint density at radius 3 is 1.70 bits per heavy atom. The number of rotatable bonds is 53. The molecule has 17 nitrogen and oxygen atoms in total. The molecule has 0 fully saturated rings. The van der Waals surface area contributed by atoms with Crippen molar-refractivity contribution in [2.24, 2.45) is 0 Å². The minimum Gasteiger partial charge on any atom is -0.505 e. The molecule has 1 unspecified atom stereocenters. The van der Waals surface area contributed by atoms with E-state index in [1.165, 1.54) is 116 Å². The molecular weight excluding hydrogens is 1270 g/mol. The molecule has 1 aliphatic carbocycles. The zero-order valence-electron chi connectivity index (χ0n) is 58.1. The molecule has 0 radical (unpaired) electrons. The maximum Gasteiger partial charge on any atom is 0.469 e. The molecule has 1 atom stereocenters. The van der Waals surface area contributed by atoms with Crippen LogP contribution in [0.1, 0.15) is 257 Å². The molecule has 0 saturated carbocycles. The summed E-state index contributed by atoms with van der Waals surface area (Å²) in [7, 11) is -2.95. The van der Waals surface area contributed by atoms with Gasteiger partial charge in [-0.25, -0.2) is 13.3 Å². The zero-order chi connectivity index (χ0) is 70.0. The average molecular weight is 1380 g/mol. The quantitative estimate of drug-likeness (QED) is 0.00600. The van der Waals surface area contributed by atoms with E-state index in [1.54, 1.807) is 19.2 Å². The molecule has 0 spiro atoms. The molecule has 2 aromatic carbocycles. The molecule has 21 heteroatoms. The van der Waals surface area contributed by atoms with Gasteiger partial charge in [-0.3, -0.25) is 28.5 Å². The Labute approximate surface area is 576 Å². The van der Waals surface area contributed by atoms with Gasteiger partial charge in [-0.15, -0.1) is 0 Å². The third-order valence-corrected chi connectivity index (χ3v) is 17.2. The molecule has 2 aromatic rings. The maximum absolute atomic E-state index is 14.5. The molecule has 0 saturated heterocycles. The number of fused-ring (bicyclic) bond motifs is 2. The van der Waals surface area contributed by atoms with Crippen LogP contribution in [-0.4, -0.2) is 89.8 Å². The third kappa shape index (κ3) is 39.5. The highest BCUT2D eigenvalue weighted by molar-refractivity contribution is 7.80. The number of carbonyl (C=O) groups excluding carboxylic acids is 4. The van der Waals surface area contributed by atoms with Crippen LogP contribution in [0.15, 0.2) is 76.0 Å². The summed E-state index contributed by atoms with van der Waals surface area (Å²) in [5, 5.41) is 19.8. The van der Waals surface area contributed by atoms with E-state index in [9.17, 15) is 42.4 Å². The number of benzene rings is 3. The second-order valence-electron chi connectivity index (χ2n) is 25.0. The van der Waals surface area contributed by atoms with Gasteiger partial charge in [0.1, 0.15) is 23.7 Å². The summed E-state index contributed by atoms with van der Waals surface area (Å²) in [6.07, 6.45) is 46.2. The van der Waals surface area contributed by atoms with E-state index in [-0.39, 0.29) is 73.2 Å². The van der Waals surface area contributed by atoms with Crippen molar-refractivity contribution in [3.05, 3.63) is 94.2 Å². The van der Waals surface area contributed by atoms with Crippen LogP contribution in [0.3, 0.4) is 0 Å². The van der Waals surface area contributed by atoms with Crippen molar-refractivity contribution in [2.45, 2.75) is 264 Å². The lowest BCUT2D eigenvalue weighted by atomic mass is 9.91. The van der Waals surface area contributed by atoms with Crippen LogP contribution in [0.25, 0.3) is 33.4 Å². The average Bonchev–Trinajstić information content (AvgIpc) is 0.748. The number of nitrogens with one attached hydrogen (secondary N) is 3. The number of halogens is 2. The van der Waals surface area contributed by atoms with Gasteiger partial charge in [0, 0.05) is 86.6 Å². The zero-order valence-corrected chi connectivity index (χ0v) is 59.8. The van der Waals surface area contributed by atoms with E-state index in [4.69, 9.17) is 40.6 Å². The van der Waals surface area contributed by atoms with Crippen molar-refractivity contribution in [1.29, 1.82) is 0 Å². The summed E-state index contributed by atoms with van der Waals surface area (Å²) < 4.78 is 65.6. The molecule has 0 bridgehead atoms. The number of phenolic OH excluding ortho intramolecular Hbond substituents is 1. The second kappa shape index (κ2) is 52.2. The number of hydrogen-bond donors (Lipinski definition) is 6. The first kappa shape index (κ1) is 84.3. The van der Waals surface area contributed by atoms with Crippen LogP contribution in [0.5, 0.6) is 5.75 Å². The van der Waals surface area contributed by atoms with E-state index in [1.807, 2.05) is 13.0 Å². The first-order valence-corrected chi connectivity index (χ1v) is 37.7. The van der Waals surface area contributed by atoms with E-state index in [0.717, 1.165) is 100 Å². The molecule has 1 heterocycles. The van der Waals surface area contributed by atoms with Gasteiger partial charge in [0.25, 0.3) is 0 Å². The highest BCUT2D eigenvalue weighted by Gasteiger charge is 2.23. The van der Waals surface area contributed by atoms with Gasteiger partial charge in [0.05, 0.1) is 13.2 Å². The Hall–Kier alpha value is -5.89. The number of aryl methyl sites for hydroxylation is 1. The molecule has 538 valence electrons. The topological polar surface area (TPSA) is 249 Å². The number of unbranched alkanes of at least 4 members (excludes halogenated alkanes) is 25. The summed E-state index contributed by atoms with van der Waals surface area (Å²) in [6.45, 7) is 7.61. The summed E-state index contributed by atoms with van der Waals surface area (Å²) in [4.78, 5) is 77.6. The second-order valence-corrected chi connectivity index (χ2v) is 26.6. The number of aromatic hydroxyl groups is 1. The van der Waals surface area contributed by atoms with Crippen LogP contribution in [0, 0.1) is 18.6 Å². The fourth-order valence-corrected chi connectivity index (χ4v) is 11.6. The van der Waals surface area contributed by atoms with Gasteiger partial charge in [0.15, 0.2) is 28.6 Å². The summed E-state index contributed by atoms with van der Waals surface area (Å²) >= 11 is 5.44. The predicted molar refractivity (Wildman–Crippen MR) is 384 cm³/mol. The molecule has 6 N–H and O–H groups in total. The standard InChI is InChI=1S/C40H74O5.C35H40F2N3O9PS/c1-4-6-8-10-12-14-16-18-20-22-24-26-28-30-32-34-39(41)44-37-38(36-43-3)45-40(42)35-33-31-29-27-25-23-21-19-17-15-13-11-9-7-5-2;1-21-16-22(11-12-24(21)34-25-17-27(36)29(42)19-31(25)49-32-20-30(43)28(37)18-26(32)34)40-35(51)39-14-6-2-5-13-38-33(44)10-4-3-8-23(41)9-7-15-48-50(45,46)47/h18-21,38H,4-17,22-37H2,1-3H3;11-12,16-20,42H,2-10,13-15H2,1H3,(H,38,44)(H2,39,40,51)(H2,45,46,47)/b20-18-,21-19-;. The van der Waals surface area contributed by atoms with Crippen LogP contribution in [-0.2, 0) is 42.5 Å². The van der Waals surface area contributed by atoms with E-state index < -0.39 is 36.7 Å². The Kier molecular flexibility index (Phi) is 45.9. The van der Waals surface area contributed by atoms with Gasteiger partial charge >= 0.3 is 19.8 Å². The molecule has 96 heavy (non-hydrogen) atoms. The number of ether oxygens (including phenoxy) is 3. The highest BCUT2D eigenvalue weighted by atomic mass is 32.1. The van der Waals surface area contributed by atoms with Crippen LogP contribution < -0.4 is 21.4 Å². The van der Waals surface area contributed by atoms with Crippen molar-refractivity contribution in [1.82, 2.24) is 10.6 Å². The maximum atomic E-state index is 14.5. The highest BCUT2D eigenvalue weighted by Crippen LogP contribution is 2.43.